The monoisotopic (exact) mass is 277 g/mol. The molecule has 0 spiro atoms. The Morgan fingerprint density at radius 2 is 2.05 bits per heavy atom. The van der Waals surface area contributed by atoms with Crippen molar-refractivity contribution >= 4 is 5.91 Å². The summed E-state index contributed by atoms with van der Waals surface area (Å²) < 4.78 is 5.25. The third kappa shape index (κ3) is 3.12. The number of hydrogen-bond donors (Lipinski definition) is 2. The van der Waals surface area contributed by atoms with Crippen molar-refractivity contribution in [1.82, 2.24) is 5.32 Å². The average molecular weight is 277 g/mol. The van der Waals surface area contributed by atoms with Gasteiger partial charge in [-0.1, -0.05) is 30.9 Å². The average Bonchev–Trinajstić information content (AvgIpc) is 2.48. The van der Waals surface area contributed by atoms with Crippen molar-refractivity contribution in [3.63, 3.8) is 0 Å². The maximum Gasteiger partial charge on any atom is 0.255 e. The number of benzene rings is 1. The first-order chi connectivity index (χ1) is 9.60. The van der Waals surface area contributed by atoms with Gasteiger partial charge in [-0.05, 0) is 31.9 Å². The first-order valence-electron chi connectivity index (χ1n) is 7.18. The van der Waals surface area contributed by atoms with Crippen LogP contribution in [0.3, 0.4) is 0 Å². The largest absolute Gasteiger partial charge is 0.496 e. The molecule has 1 aliphatic rings. The second kappa shape index (κ2) is 6.27. The number of carbonyl (C=O) groups is 1. The van der Waals surface area contributed by atoms with Crippen molar-refractivity contribution in [2.24, 2.45) is 0 Å². The number of aliphatic hydroxyl groups is 1. The summed E-state index contributed by atoms with van der Waals surface area (Å²) >= 11 is 0. The maximum absolute atomic E-state index is 12.5. The van der Waals surface area contributed by atoms with Crippen LogP contribution in [0.4, 0.5) is 0 Å². The van der Waals surface area contributed by atoms with E-state index in [1.165, 1.54) is 6.42 Å². The van der Waals surface area contributed by atoms with Gasteiger partial charge in [0.1, 0.15) is 5.75 Å². The van der Waals surface area contributed by atoms with Crippen molar-refractivity contribution in [3.05, 3.63) is 29.3 Å². The zero-order valence-electron chi connectivity index (χ0n) is 12.2. The zero-order valence-corrected chi connectivity index (χ0v) is 12.2. The number of carbonyl (C=O) groups excluding carboxylic acids is 1. The van der Waals surface area contributed by atoms with E-state index < -0.39 is 5.54 Å². The molecule has 1 aromatic carbocycles. The first kappa shape index (κ1) is 14.9. The molecule has 1 aliphatic carbocycles. The van der Waals surface area contributed by atoms with Gasteiger partial charge in [0.25, 0.3) is 5.91 Å². The van der Waals surface area contributed by atoms with Gasteiger partial charge in [-0.15, -0.1) is 0 Å². The van der Waals surface area contributed by atoms with E-state index in [4.69, 9.17) is 4.74 Å². The van der Waals surface area contributed by atoms with Crippen LogP contribution in [0, 0.1) is 6.92 Å². The van der Waals surface area contributed by atoms with E-state index >= 15 is 0 Å². The van der Waals surface area contributed by atoms with Crippen LogP contribution in [0.1, 0.15) is 48.0 Å². The molecule has 0 saturated heterocycles. The quantitative estimate of drug-likeness (QED) is 0.888. The smallest absolute Gasteiger partial charge is 0.255 e. The molecule has 0 bridgehead atoms. The molecule has 20 heavy (non-hydrogen) atoms. The molecule has 4 nitrogen and oxygen atoms in total. The Bertz CT molecular complexity index is 479. The zero-order chi connectivity index (χ0) is 14.6. The summed E-state index contributed by atoms with van der Waals surface area (Å²) in [6.07, 6.45) is 4.94. The molecule has 0 unspecified atom stereocenters. The van der Waals surface area contributed by atoms with Crippen molar-refractivity contribution < 1.29 is 14.6 Å². The summed E-state index contributed by atoms with van der Waals surface area (Å²) in [5.41, 5.74) is 1.08. The first-order valence-corrected chi connectivity index (χ1v) is 7.18. The van der Waals surface area contributed by atoms with Gasteiger partial charge in [-0.25, -0.2) is 0 Å². The van der Waals surface area contributed by atoms with Gasteiger partial charge in [0.05, 0.1) is 24.8 Å². The fourth-order valence-electron chi connectivity index (χ4n) is 2.86. The van der Waals surface area contributed by atoms with E-state index in [-0.39, 0.29) is 12.5 Å². The number of amides is 1. The Morgan fingerprint density at radius 1 is 1.35 bits per heavy atom. The van der Waals surface area contributed by atoms with Crippen LogP contribution in [-0.4, -0.2) is 30.3 Å². The van der Waals surface area contributed by atoms with E-state index in [2.05, 4.69) is 5.32 Å². The minimum atomic E-state index is -0.468. The summed E-state index contributed by atoms with van der Waals surface area (Å²) in [7, 11) is 1.56. The standard InChI is InChI=1S/C16H23NO3/c1-12-6-7-14(20-2)13(10-12)15(19)17-16(11-18)8-4-3-5-9-16/h6-7,10,18H,3-5,8-9,11H2,1-2H3,(H,17,19). The number of ether oxygens (including phenoxy) is 1. The van der Waals surface area contributed by atoms with Crippen molar-refractivity contribution in [1.29, 1.82) is 0 Å². The second-order valence-corrected chi connectivity index (χ2v) is 5.66. The molecule has 0 aliphatic heterocycles. The minimum absolute atomic E-state index is 0.00707. The summed E-state index contributed by atoms with van der Waals surface area (Å²) in [5.74, 6) is 0.401. The summed E-state index contributed by atoms with van der Waals surface area (Å²) in [6.45, 7) is 1.94. The highest BCUT2D eigenvalue weighted by Crippen LogP contribution is 2.29. The van der Waals surface area contributed by atoms with Crippen LogP contribution in [0.15, 0.2) is 18.2 Å². The summed E-state index contributed by atoms with van der Waals surface area (Å²) in [5, 5.41) is 12.7. The topological polar surface area (TPSA) is 58.6 Å². The van der Waals surface area contributed by atoms with Crippen molar-refractivity contribution in [2.45, 2.75) is 44.6 Å². The van der Waals surface area contributed by atoms with Gasteiger partial charge in [0, 0.05) is 0 Å². The Balaban J connectivity index is 2.20. The normalized spacial score (nSPS) is 17.6. The Morgan fingerprint density at radius 3 is 2.65 bits per heavy atom. The fraction of sp³-hybridized carbons (Fsp3) is 0.562. The highest BCUT2D eigenvalue weighted by molar-refractivity contribution is 5.97. The molecule has 0 aromatic heterocycles. The molecule has 2 rings (SSSR count). The summed E-state index contributed by atoms with van der Waals surface area (Å²) in [6, 6.07) is 5.54. The lowest BCUT2D eigenvalue weighted by Crippen LogP contribution is -2.52. The number of nitrogens with one attached hydrogen (secondary N) is 1. The van der Waals surface area contributed by atoms with Gasteiger partial charge in [0.2, 0.25) is 0 Å². The van der Waals surface area contributed by atoms with Crippen LogP contribution >= 0.6 is 0 Å². The molecule has 0 atom stereocenters. The lowest BCUT2D eigenvalue weighted by Gasteiger charge is -2.36. The van der Waals surface area contributed by atoms with E-state index in [9.17, 15) is 9.90 Å². The highest BCUT2D eigenvalue weighted by atomic mass is 16.5. The third-order valence-corrected chi connectivity index (χ3v) is 4.09. The van der Waals surface area contributed by atoms with Gasteiger partial charge in [-0.2, -0.15) is 0 Å². The van der Waals surface area contributed by atoms with Gasteiger partial charge >= 0.3 is 0 Å². The number of rotatable bonds is 4. The van der Waals surface area contributed by atoms with Gasteiger partial charge in [0.15, 0.2) is 0 Å². The van der Waals surface area contributed by atoms with Crippen molar-refractivity contribution in [3.8, 4) is 5.75 Å². The molecular weight excluding hydrogens is 254 g/mol. The third-order valence-electron chi connectivity index (χ3n) is 4.09. The van der Waals surface area contributed by atoms with Crippen LogP contribution in [0.2, 0.25) is 0 Å². The number of aliphatic hydroxyl groups excluding tert-OH is 1. The van der Waals surface area contributed by atoms with E-state index in [0.29, 0.717) is 11.3 Å². The Kier molecular flexibility index (Phi) is 4.65. The molecule has 1 saturated carbocycles. The van der Waals surface area contributed by atoms with E-state index in [0.717, 1.165) is 31.2 Å². The number of hydrogen-bond acceptors (Lipinski definition) is 3. The van der Waals surface area contributed by atoms with E-state index in [1.807, 2.05) is 19.1 Å². The van der Waals surface area contributed by atoms with Gasteiger partial charge < -0.3 is 15.2 Å². The molecule has 110 valence electrons. The Hall–Kier alpha value is -1.55. The van der Waals surface area contributed by atoms with Crippen LogP contribution < -0.4 is 10.1 Å². The lowest BCUT2D eigenvalue weighted by molar-refractivity contribution is 0.0756. The van der Waals surface area contributed by atoms with Crippen molar-refractivity contribution in [2.75, 3.05) is 13.7 Å². The second-order valence-electron chi connectivity index (χ2n) is 5.66. The maximum atomic E-state index is 12.5. The predicted molar refractivity (Wildman–Crippen MR) is 78.1 cm³/mol. The molecule has 4 heteroatoms. The minimum Gasteiger partial charge on any atom is -0.496 e. The molecule has 1 fully saturated rings. The molecule has 0 radical (unpaired) electrons. The van der Waals surface area contributed by atoms with Crippen LogP contribution in [-0.2, 0) is 0 Å². The summed E-state index contributed by atoms with van der Waals surface area (Å²) in [4.78, 5) is 12.5. The van der Waals surface area contributed by atoms with Gasteiger partial charge in [-0.3, -0.25) is 4.79 Å². The lowest BCUT2D eigenvalue weighted by atomic mass is 9.82. The fourth-order valence-corrected chi connectivity index (χ4v) is 2.86. The van der Waals surface area contributed by atoms with E-state index in [1.54, 1.807) is 13.2 Å². The molecule has 1 aromatic rings. The molecular formula is C16H23NO3. The number of aryl methyl sites for hydroxylation is 1. The van der Waals surface area contributed by atoms with Crippen LogP contribution in [0.25, 0.3) is 0 Å². The SMILES string of the molecule is COc1ccc(C)cc1C(=O)NC1(CO)CCCCC1. The van der Waals surface area contributed by atoms with Crippen LogP contribution in [0.5, 0.6) is 5.75 Å². The predicted octanol–water partition coefficient (Wildman–Crippen LogP) is 2.43. The number of methoxy groups -OCH3 is 1. The molecule has 1 amide bonds. The Labute approximate surface area is 120 Å². The highest BCUT2D eigenvalue weighted by Gasteiger charge is 2.33. The molecule has 2 N–H and O–H groups in total. The molecule has 0 heterocycles.